The molecule has 0 aliphatic rings. The molecule has 200 valence electrons. The SMILES string of the molecule is c1ccc(-c2c3ccccc3c(-c3ccc(-c4ccc5c(c4)sc4ccccc45)c4ccccc34)c3ccccc23)cc1. The van der Waals surface area contributed by atoms with E-state index in [1.54, 1.807) is 0 Å². The van der Waals surface area contributed by atoms with Crippen molar-refractivity contribution >= 4 is 63.8 Å². The summed E-state index contributed by atoms with van der Waals surface area (Å²) in [4.78, 5) is 0. The van der Waals surface area contributed by atoms with Crippen LogP contribution >= 0.6 is 11.3 Å². The van der Waals surface area contributed by atoms with Crippen molar-refractivity contribution in [2.75, 3.05) is 0 Å². The van der Waals surface area contributed by atoms with Gasteiger partial charge in [0.05, 0.1) is 0 Å². The molecule has 0 unspecified atom stereocenters. The molecule has 9 rings (SSSR count). The maximum atomic E-state index is 2.38. The Morgan fingerprint density at radius 3 is 1.44 bits per heavy atom. The summed E-state index contributed by atoms with van der Waals surface area (Å²) in [6, 6.07) is 57.9. The normalized spacial score (nSPS) is 11.7. The largest absolute Gasteiger partial charge is 0.135 e. The lowest BCUT2D eigenvalue weighted by molar-refractivity contribution is 1.66. The molecule has 0 spiro atoms. The van der Waals surface area contributed by atoms with Gasteiger partial charge in [0.1, 0.15) is 0 Å². The number of thiophene rings is 1. The maximum Gasteiger partial charge on any atom is 0.0361 e. The van der Waals surface area contributed by atoms with Gasteiger partial charge in [-0.05, 0) is 77.8 Å². The van der Waals surface area contributed by atoms with Crippen LogP contribution < -0.4 is 0 Å². The summed E-state index contributed by atoms with van der Waals surface area (Å²) in [7, 11) is 0. The van der Waals surface area contributed by atoms with Crippen molar-refractivity contribution in [1.29, 1.82) is 0 Å². The molecule has 9 aromatic rings. The summed E-state index contributed by atoms with van der Waals surface area (Å²) in [6.45, 7) is 0. The Balaban J connectivity index is 1.33. The Hall–Kier alpha value is -5.24. The average molecular weight is 563 g/mol. The fourth-order valence-corrected chi connectivity index (χ4v) is 8.14. The van der Waals surface area contributed by atoms with Gasteiger partial charge in [0.25, 0.3) is 0 Å². The second-order valence-corrected chi connectivity index (χ2v) is 12.3. The van der Waals surface area contributed by atoms with Crippen LogP contribution in [0.3, 0.4) is 0 Å². The molecule has 0 saturated heterocycles. The summed E-state index contributed by atoms with van der Waals surface area (Å²) < 4.78 is 2.67. The molecule has 8 aromatic carbocycles. The van der Waals surface area contributed by atoms with E-state index < -0.39 is 0 Å². The van der Waals surface area contributed by atoms with E-state index in [1.165, 1.54) is 85.9 Å². The molecule has 0 aliphatic carbocycles. The van der Waals surface area contributed by atoms with Gasteiger partial charge in [-0.2, -0.15) is 0 Å². The van der Waals surface area contributed by atoms with Crippen LogP contribution in [0.15, 0.2) is 158 Å². The Morgan fingerprint density at radius 1 is 0.279 bits per heavy atom. The fraction of sp³-hybridized carbons (Fsp3) is 0. The molecule has 0 saturated carbocycles. The molecule has 1 heterocycles. The zero-order valence-electron chi connectivity index (χ0n) is 23.4. The molecule has 0 radical (unpaired) electrons. The highest BCUT2D eigenvalue weighted by atomic mass is 32.1. The lowest BCUT2D eigenvalue weighted by atomic mass is 9.84. The number of hydrogen-bond acceptors (Lipinski definition) is 1. The molecule has 0 nitrogen and oxygen atoms in total. The van der Waals surface area contributed by atoms with E-state index in [1.807, 2.05) is 11.3 Å². The van der Waals surface area contributed by atoms with E-state index in [0.29, 0.717) is 0 Å². The summed E-state index contributed by atoms with van der Waals surface area (Å²) in [6.07, 6.45) is 0. The van der Waals surface area contributed by atoms with Crippen molar-refractivity contribution in [3.8, 4) is 33.4 Å². The first kappa shape index (κ1) is 24.4. The Kier molecular flexibility index (Phi) is 5.47. The van der Waals surface area contributed by atoms with Gasteiger partial charge in [-0.15, -0.1) is 11.3 Å². The highest BCUT2D eigenvalue weighted by molar-refractivity contribution is 7.25. The van der Waals surface area contributed by atoms with Crippen LogP contribution in [-0.4, -0.2) is 0 Å². The first-order valence-corrected chi connectivity index (χ1v) is 15.6. The highest BCUT2D eigenvalue weighted by Gasteiger charge is 2.19. The minimum Gasteiger partial charge on any atom is -0.135 e. The molecule has 0 atom stereocenters. The minimum atomic E-state index is 1.25. The molecule has 0 bridgehead atoms. The standard InChI is InChI=1S/C42H26S/c1-2-12-27(13-3-1)41-34-17-6-8-19-36(34)42(37-20-9-7-18-35(37)41)38-25-24-29(30-14-4-5-15-31(30)38)28-22-23-33-32-16-10-11-21-39(32)43-40(33)26-28/h1-26H. The van der Waals surface area contributed by atoms with E-state index >= 15 is 0 Å². The molecule has 0 N–H and O–H groups in total. The van der Waals surface area contributed by atoms with Gasteiger partial charge in [0.2, 0.25) is 0 Å². The van der Waals surface area contributed by atoms with Gasteiger partial charge in [0, 0.05) is 20.2 Å². The van der Waals surface area contributed by atoms with Crippen LogP contribution in [0.1, 0.15) is 0 Å². The molecule has 1 aromatic heterocycles. The van der Waals surface area contributed by atoms with Gasteiger partial charge in [-0.1, -0.05) is 146 Å². The van der Waals surface area contributed by atoms with Crippen LogP contribution in [0.2, 0.25) is 0 Å². The quantitative estimate of drug-likeness (QED) is 0.188. The van der Waals surface area contributed by atoms with Gasteiger partial charge in [-0.25, -0.2) is 0 Å². The Bertz CT molecular complexity index is 2440. The molecule has 0 fully saturated rings. The molecule has 0 amide bonds. The highest BCUT2D eigenvalue weighted by Crippen LogP contribution is 2.46. The molecular weight excluding hydrogens is 537 g/mol. The lowest BCUT2D eigenvalue weighted by Gasteiger charge is -2.19. The third kappa shape index (κ3) is 3.75. The monoisotopic (exact) mass is 562 g/mol. The molecular formula is C42H26S. The van der Waals surface area contributed by atoms with Crippen molar-refractivity contribution in [3.05, 3.63) is 158 Å². The van der Waals surface area contributed by atoms with Crippen LogP contribution in [0.25, 0.3) is 85.9 Å². The van der Waals surface area contributed by atoms with Crippen molar-refractivity contribution in [2.24, 2.45) is 0 Å². The number of rotatable bonds is 3. The number of fused-ring (bicyclic) bond motifs is 6. The second-order valence-electron chi connectivity index (χ2n) is 11.2. The van der Waals surface area contributed by atoms with E-state index in [4.69, 9.17) is 0 Å². The minimum absolute atomic E-state index is 1.25. The average Bonchev–Trinajstić information content (AvgIpc) is 3.45. The van der Waals surface area contributed by atoms with Crippen LogP contribution in [-0.2, 0) is 0 Å². The summed E-state index contributed by atoms with van der Waals surface area (Å²) in [5.74, 6) is 0. The van der Waals surface area contributed by atoms with Crippen molar-refractivity contribution < 1.29 is 0 Å². The molecule has 43 heavy (non-hydrogen) atoms. The molecule has 0 aliphatic heterocycles. The lowest BCUT2D eigenvalue weighted by Crippen LogP contribution is -1.92. The fourth-order valence-electron chi connectivity index (χ4n) is 7.00. The third-order valence-electron chi connectivity index (χ3n) is 8.88. The summed E-state index contributed by atoms with van der Waals surface area (Å²) in [5.41, 5.74) is 7.65. The first-order valence-electron chi connectivity index (χ1n) is 14.8. The third-order valence-corrected chi connectivity index (χ3v) is 10.0. The van der Waals surface area contributed by atoms with Crippen molar-refractivity contribution in [2.45, 2.75) is 0 Å². The smallest absolute Gasteiger partial charge is 0.0361 e. The Morgan fingerprint density at radius 2 is 0.767 bits per heavy atom. The predicted octanol–water partition coefficient (Wildman–Crippen LogP) is 12.5. The summed E-state index contributed by atoms with van der Waals surface area (Å²) in [5, 5.41) is 10.4. The van der Waals surface area contributed by atoms with Gasteiger partial charge in [-0.3, -0.25) is 0 Å². The van der Waals surface area contributed by atoms with Crippen LogP contribution in [0.4, 0.5) is 0 Å². The van der Waals surface area contributed by atoms with Gasteiger partial charge in [0.15, 0.2) is 0 Å². The number of hydrogen-bond donors (Lipinski definition) is 0. The van der Waals surface area contributed by atoms with Crippen molar-refractivity contribution in [1.82, 2.24) is 0 Å². The maximum absolute atomic E-state index is 2.38. The van der Waals surface area contributed by atoms with Gasteiger partial charge >= 0.3 is 0 Å². The van der Waals surface area contributed by atoms with E-state index in [2.05, 4.69) is 158 Å². The zero-order chi connectivity index (χ0) is 28.3. The predicted molar refractivity (Wildman–Crippen MR) is 188 cm³/mol. The van der Waals surface area contributed by atoms with E-state index in [0.717, 1.165) is 0 Å². The Labute approximate surface area is 254 Å². The van der Waals surface area contributed by atoms with E-state index in [-0.39, 0.29) is 0 Å². The first-order chi connectivity index (χ1) is 21.3. The molecule has 1 heteroatoms. The van der Waals surface area contributed by atoms with Crippen LogP contribution in [0, 0.1) is 0 Å². The second kappa shape index (κ2) is 9.66. The van der Waals surface area contributed by atoms with E-state index in [9.17, 15) is 0 Å². The zero-order valence-corrected chi connectivity index (χ0v) is 24.2. The summed E-state index contributed by atoms with van der Waals surface area (Å²) >= 11 is 1.88. The van der Waals surface area contributed by atoms with Crippen LogP contribution in [0.5, 0.6) is 0 Å². The topological polar surface area (TPSA) is 0 Å². The van der Waals surface area contributed by atoms with Crippen molar-refractivity contribution in [3.63, 3.8) is 0 Å². The number of benzene rings is 8. The van der Waals surface area contributed by atoms with Gasteiger partial charge < -0.3 is 0 Å².